The molecular weight excluding hydrogens is 248 g/mol. The van der Waals surface area contributed by atoms with Crippen LogP contribution in [0.25, 0.3) is 0 Å². The second-order valence-electron chi connectivity index (χ2n) is 4.32. The lowest BCUT2D eigenvalue weighted by Crippen LogP contribution is -2.42. The van der Waals surface area contributed by atoms with Crippen molar-refractivity contribution >= 4 is 17.5 Å². The van der Waals surface area contributed by atoms with E-state index < -0.39 is 6.10 Å². The molecule has 1 atom stereocenters. The number of fused-ring (bicyclic) bond motifs is 1. The van der Waals surface area contributed by atoms with Crippen LogP contribution in [0.2, 0.25) is 0 Å². The summed E-state index contributed by atoms with van der Waals surface area (Å²) in [7, 11) is 1.65. The van der Waals surface area contributed by atoms with Crippen LogP contribution in [0.4, 0.5) is 5.69 Å². The van der Waals surface area contributed by atoms with Crippen LogP contribution < -0.4 is 15.0 Å². The summed E-state index contributed by atoms with van der Waals surface area (Å²) in [6, 6.07) is 4.90. The summed E-state index contributed by atoms with van der Waals surface area (Å²) in [6.45, 7) is 1.76. The Bertz CT molecular complexity index is 515. The fraction of sp³-hybridized carbons (Fsp3) is 0.385. The number of rotatable bonds is 3. The maximum Gasteiger partial charge on any atom is 0.267 e. The fourth-order valence-corrected chi connectivity index (χ4v) is 1.92. The Morgan fingerprint density at radius 3 is 2.95 bits per heavy atom. The number of aliphatic hydroxyl groups excluding tert-OH is 1. The summed E-state index contributed by atoms with van der Waals surface area (Å²) < 4.78 is 5.47. The summed E-state index contributed by atoms with van der Waals surface area (Å²) in [4.78, 5) is 25.1. The van der Waals surface area contributed by atoms with Crippen molar-refractivity contribution in [2.75, 3.05) is 25.1 Å². The molecule has 2 rings (SSSR count). The zero-order chi connectivity index (χ0) is 14.0. The first-order valence-electron chi connectivity index (χ1n) is 6.02. The Morgan fingerprint density at radius 2 is 2.26 bits per heavy atom. The normalized spacial score (nSPS) is 17.7. The maximum absolute atomic E-state index is 11.8. The first-order valence-corrected chi connectivity index (χ1v) is 6.02. The molecule has 6 heteroatoms. The van der Waals surface area contributed by atoms with Gasteiger partial charge in [0.2, 0.25) is 0 Å². The number of aliphatic hydroxyl groups is 1. The molecule has 1 aromatic carbocycles. The number of ether oxygens (including phenoxy) is 1. The number of carbonyl (C=O) groups excluding carboxylic acids is 2. The quantitative estimate of drug-likeness (QED) is 0.814. The smallest absolute Gasteiger partial charge is 0.267 e. The standard InChI is InChI=1S/C13H16N2O4/c1-8-13(18)15(2)10-7-9(3-4-11(10)19-8)12(17)14-5-6-16/h3-4,7-8,16H,5-6H2,1-2H3,(H,14,17). The molecule has 0 saturated heterocycles. The number of hydrogen-bond donors (Lipinski definition) is 2. The molecule has 1 unspecified atom stereocenters. The lowest BCUT2D eigenvalue weighted by molar-refractivity contribution is -0.125. The fourth-order valence-electron chi connectivity index (χ4n) is 1.92. The van der Waals surface area contributed by atoms with Gasteiger partial charge < -0.3 is 20.1 Å². The molecule has 2 amide bonds. The van der Waals surface area contributed by atoms with Gasteiger partial charge in [-0.1, -0.05) is 0 Å². The van der Waals surface area contributed by atoms with Crippen LogP contribution in [0.15, 0.2) is 18.2 Å². The molecule has 0 spiro atoms. The van der Waals surface area contributed by atoms with Crippen molar-refractivity contribution in [2.45, 2.75) is 13.0 Å². The number of anilines is 1. The van der Waals surface area contributed by atoms with Crippen molar-refractivity contribution in [3.05, 3.63) is 23.8 Å². The van der Waals surface area contributed by atoms with Crippen LogP contribution >= 0.6 is 0 Å². The van der Waals surface area contributed by atoms with Crippen LogP contribution in [0.3, 0.4) is 0 Å². The third-order valence-electron chi connectivity index (χ3n) is 2.96. The lowest BCUT2D eigenvalue weighted by Gasteiger charge is -2.30. The van der Waals surface area contributed by atoms with Crippen LogP contribution in [0, 0.1) is 0 Å². The minimum Gasteiger partial charge on any atom is -0.479 e. The van der Waals surface area contributed by atoms with Gasteiger partial charge in [0, 0.05) is 19.2 Å². The predicted octanol–water partition coefficient (Wildman–Crippen LogP) is 0.152. The highest BCUT2D eigenvalue weighted by molar-refractivity contribution is 6.02. The Balaban J connectivity index is 2.28. The van der Waals surface area contributed by atoms with E-state index in [4.69, 9.17) is 9.84 Å². The number of carbonyl (C=O) groups is 2. The monoisotopic (exact) mass is 264 g/mol. The highest BCUT2D eigenvalue weighted by Gasteiger charge is 2.29. The molecule has 1 aliphatic rings. The number of nitrogens with zero attached hydrogens (tertiary/aromatic N) is 1. The third-order valence-corrected chi connectivity index (χ3v) is 2.96. The van der Waals surface area contributed by atoms with E-state index in [1.807, 2.05) is 0 Å². The largest absolute Gasteiger partial charge is 0.479 e. The summed E-state index contributed by atoms with van der Waals surface area (Å²) in [6.07, 6.45) is -0.522. The van der Waals surface area contributed by atoms with Crippen LogP contribution in [-0.2, 0) is 4.79 Å². The Hall–Kier alpha value is -2.08. The predicted molar refractivity (Wildman–Crippen MR) is 69.4 cm³/mol. The van der Waals surface area contributed by atoms with E-state index >= 15 is 0 Å². The lowest BCUT2D eigenvalue weighted by atomic mass is 10.1. The topological polar surface area (TPSA) is 78.9 Å². The van der Waals surface area contributed by atoms with E-state index in [-0.39, 0.29) is 25.0 Å². The van der Waals surface area contributed by atoms with Crippen molar-refractivity contribution < 1.29 is 19.4 Å². The molecular formula is C13H16N2O4. The van der Waals surface area contributed by atoms with Crippen LogP contribution in [-0.4, -0.2) is 43.2 Å². The average molecular weight is 264 g/mol. The van der Waals surface area contributed by atoms with Crippen LogP contribution in [0.5, 0.6) is 5.75 Å². The Kier molecular flexibility index (Phi) is 3.71. The van der Waals surface area contributed by atoms with Crippen molar-refractivity contribution in [1.29, 1.82) is 0 Å². The molecule has 0 aliphatic carbocycles. The minimum atomic E-state index is -0.522. The second kappa shape index (κ2) is 5.27. The van der Waals surface area contributed by atoms with E-state index in [0.29, 0.717) is 17.0 Å². The Labute approximate surface area is 111 Å². The third kappa shape index (κ3) is 2.53. The van der Waals surface area contributed by atoms with E-state index in [0.717, 1.165) is 0 Å². The van der Waals surface area contributed by atoms with Gasteiger partial charge in [0.1, 0.15) is 5.75 Å². The number of likely N-dealkylation sites (N-methyl/N-ethyl adjacent to an activating group) is 1. The first kappa shape index (κ1) is 13.4. The molecule has 19 heavy (non-hydrogen) atoms. The van der Waals surface area contributed by atoms with Gasteiger partial charge in [0.05, 0.1) is 12.3 Å². The van der Waals surface area contributed by atoms with E-state index in [1.165, 1.54) is 4.90 Å². The molecule has 1 aromatic rings. The van der Waals surface area contributed by atoms with Crippen molar-refractivity contribution in [3.63, 3.8) is 0 Å². The molecule has 0 fully saturated rings. The van der Waals surface area contributed by atoms with Gasteiger partial charge in [0.25, 0.3) is 11.8 Å². The molecule has 6 nitrogen and oxygen atoms in total. The summed E-state index contributed by atoms with van der Waals surface area (Å²) >= 11 is 0. The van der Waals surface area contributed by atoms with Gasteiger partial charge in [-0.3, -0.25) is 9.59 Å². The zero-order valence-electron chi connectivity index (χ0n) is 10.8. The van der Waals surface area contributed by atoms with Gasteiger partial charge in [0.15, 0.2) is 6.10 Å². The zero-order valence-corrected chi connectivity index (χ0v) is 10.8. The number of amides is 2. The Morgan fingerprint density at radius 1 is 1.53 bits per heavy atom. The van der Waals surface area contributed by atoms with Gasteiger partial charge in [-0.15, -0.1) is 0 Å². The average Bonchev–Trinajstić information content (AvgIpc) is 2.42. The van der Waals surface area contributed by atoms with E-state index in [2.05, 4.69) is 5.32 Å². The molecule has 2 N–H and O–H groups in total. The number of benzene rings is 1. The van der Waals surface area contributed by atoms with Gasteiger partial charge in [-0.2, -0.15) is 0 Å². The van der Waals surface area contributed by atoms with Gasteiger partial charge in [-0.25, -0.2) is 0 Å². The van der Waals surface area contributed by atoms with Crippen molar-refractivity contribution in [1.82, 2.24) is 5.32 Å². The molecule has 0 bridgehead atoms. The SMILES string of the molecule is CC1Oc2ccc(C(=O)NCCO)cc2N(C)C1=O. The van der Waals surface area contributed by atoms with Crippen molar-refractivity contribution in [2.24, 2.45) is 0 Å². The summed E-state index contributed by atoms with van der Waals surface area (Å²) in [5.74, 6) is 0.130. The number of hydrogen-bond acceptors (Lipinski definition) is 4. The van der Waals surface area contributed by atoms with Gasteiger partial charge >= 0.3 is 0 Å². The highest BCUT2D eigenvalue weighted by atomic mass is 16.5. The molecule has 0 radical (unpaired) electrons. The molecule has 1 aliphatic heterocycles. The van der Waals surface area contributed by atoms with E-state index in [1.54, 1.807) is 32.2 Å². The summed E-state index contributed by atoms with van der Waals surface area (Å²) in [5.41, 5.74) is 0.991. The van der Waals surface area contributed by atoms with E-state index in [9.17, 15) is 9.59 Å². The minimum absolute atomic E-state index is 0.115. The first-order chi connectivity index (χ1) is 9.04. The van der Waals surface area contributed by atoms with Crippen molar-refractivity contribution in [3.8, 4) is 5.75 Å². The maximum atomic E-state index is 11.8. The summed E-state index contributed by atoms with van der Waals surface area (Å²) in [5, 5.41) is 11.2. The molecule has 0 saturated carbocycles. The molecule has 1 heterocycles. The molecule has 102 valence electrons. The van der Waals surface area contributed by atoms with Crippen LogP contribution in [0.1, 0.15) is 17.3 Å². The highest BCUT2D eigenvalue weighted by Crippen LogP contribution is 2.33. The van der Waals surface area contributed by atoms with Gasteiger partial charge in [-0.05, 0) is 25.1 Å². The molecule has 0 aromatic heterocycles. The number of nitrogens with one attached hydrogen (secondary N) is 1. The second-order valence-corrected chi connectivity index (χ2v) is 4.32.